The summed E-state index contributed by atoms with van der Waals surface area (Å²) in [6.07, 6.45) is 4.67. The van der Waals surface area contributed by atoms with E-state index in [9.17, 15) is 0 Å². The number of furan rings is 1. The van der Waals surface area contributed by atoms with Crippen molar-refractivity contribution in [1.29, 1.82) is 0 Å². The van der Waals surface area contributed by atoms with E-state index in [0.717, 1.165) is 35.2 Å². The smallest absolute Gasteiger partial charge is 0.297 e. The number of fused-ring (bicyclic) bond motifs is 8. The van der Waals surface area contributed by atoms with Gasteiger partial charge >= 0.3 is 0 Å². The SMILES string of the molecule is Cc1cc2c3c(c1)N(c1ccc(C(C)(C)C)cc1-c1ccc(C(C)(C)C)cc1)c1c(oc4ccc(C(C)(C)C)cc14)B3c1cc3c(cc1N2c1ccc2c(c1)C(C)(C)CCC2(C)C)C(C)(C)CCC3(C)C. The molecule has 0 saturated heterocycles. The molecule has 7 aromatic rings. The average Bonchev–Trinajstić information content (AvgIpc) is 3.66. The lowest BCUT2D eigenvalue weighted by Crippen LogP contribution is -2.61. The number of nitrogens with zero attached hydrogens (tertiary/aromatic N) is 2. The molecule has 0 unspecified atom stereocenters. The van der Waals surface area contributed by atoms with Gasteiger partial charge in [-0.2, -0.15) is 0 Å². The molecule has 2 aliphatic heterocycles. The van der Waals surface area contributed by atoms with Crippen molar-refractivity contribution in [2.45, 2.75) is 188 Å². The number of anilines is 6. The summed E-state index contributed by atoms with van der Waals surface area (Å²) >= 11 is 0. The highest BCUT2D eigenvalue weighted by atomic mass is 16.3. The molecule has 3 heterocycles. The molecule has 0 spiro atoms. The number of hydrogen-bond acceptors (Lipinski definition) is 3. The molecular weight excluding hydrogens is 860 g/mol. The topological polar surface area (TPSA) is 19.6 Å². The van der Waals surface area contributed by atoms with E-state index in [1.54, 1.807) is 0 Å². The zero-order valence-electron chi connectivity index (χ0n) is 46.5. The van der Waals surface area contributed by atoms with Crippen LogP contribution < -0.4 is 26.4 Å². The second kappa shape index (κ2) is 15.3. The Bertz CT molecular complexity index is 3330. The maximum atomic E-state index is 7.57. The predicted molar refractivity (Wildman–Crippen MR) is 307 cm³/mol. The van der Waals surface area contributed by atoms with Crippen LogP contribution in [0.4, 0.5) is 34.1 Å². The van der Waals surface area contributed by atoms with E-state index in [2.05, 4.69) is 238 Å². The summed E-state index contributed by atoms with van der Waals surface area (Å²) in [4.78, 5) is 5.30. The lowest BCUT2D eigenvalue weighted by atomic mass is 9.35. The standard InChI is InChI=1S/C67H79BN2O/c1-40-33-55-58-56(34-40)70(53-27-23-43(62(5,6)7)35-46(53)41-19-21-42(22-20-41)61(2,3)4)59-47-36-44(63(8,9)10)24-28-57(47)71-60(59)68(58)52-38-50-51(67(17,18)32-31-66(50,15)16)39-54(52)69(55)45-25-26-48-49(37-45)65(13,14)30-29-64(48,11)12/h19-28,33-39H,29-32H2,1-18H3. The van der Waals surface area contributed by atoms with Gasteiger partial charge in [0.25, 0.3) is 6.71 Å². The van der Waals surface area contributed by atoms with Crippen molar-refractivity contribution < 1.29 is 4.42 Å². The van der Waals surface area contributed by atoms with Crippen LogP contribution in [0.2, 0.25) is 0 Å². The second-order valence-electron chi connectivity index (χ2n) is 28.1. The first-order chi connectivity index (χ1) is 33.0. The van der Waals surface area contributed by atoms with Crippen LogP contribution in [0.3, 0.4) is 0 Å². The number of rotatable bonds is 3. The molecule has 0 saturated carbocycles. The van der Waals surface area contributed by atoms with Crippen LogP contribution in [0.5, 0.6) is 0 Å². The maximum absolute atomic E-state index is 7.57. The van der Waals surface area contributed by atoms with Crippen LogP contribution in [0, 0.1) is 6.92 Å². The molecule has 3 nitrogen and oxygen atoms in total. The molecule has 6 aromatic carbocycles. The van der Waals surface area contributed by atoms with Gasteiger partial charge in [-0.15, -0.1) is 0 Å². The van der Waals surface area contributed by atoms with Crippen molar-refractivity contribution in [3.63, 3.8) is 0 Å². The van der Waals surface area contributed by atoms with Crippen LogP contribution in [0.1, 0.15) is 188 Å². The Hall–Kier alpha value is -5.48. The Morgan fingerprint density at radius 3 is 1.56 bits per heavy atom. The van der Waals surface area contributed by atoms with Crippen LogP contribution in [-0.2, 0) is 37.9 Å². The Kier molecular flexibility index (Phi) is 10.3. The summed E-state index contributed by atoms with van der Waals surface area (Å²) in [5.41, 5.74) is 25.7. The first kappa shape index (κ1) is 47.8. The highest BCUT2D eigenvalue weighted by molar-refractivity contribution is 7.00. The largest absolute Gasteiger partial charge is 0.468 e. The number of aryl methyl sites for hydroxylation is 1. The summed E-state index contributed by atoms with van der Waals surface area (Å²) in [6, 6.07) is 41.4. The van der Waals surface area contributed by atoms with E-state index in [1.807, 2.05) is 0 Å². The van der Waals surface area contributed by atoms with Gasteiger partial charge in [0.1, 0.15) is 5.58 Å². The fourth-order valence-corrected chi connectivity index (χ4v) is 13.0. The first-order valence-electron chi connectivity index (χ1n) is 26.9. The highest BCUT2D eigenvalue weighted by Gasteiger charge is 2.50. The fraction of sp³-hybridized carbons (Fsp3) is 0.433. The van der Waals surface area contributed by atoms with Crippen molar-refractivity contribution in [3.8, 4) is 11.1 Å². The quantitative estimate of drug-likeness (QED) is 0.165. The van der Waals surface area contributed by atoms with Crippen molar-refractivity contribution in [1.82, 2.24) is 0 Å². The zero-order chi connectivity index (χ0) is 50.9. The molecule has 0 atom stereocenters. The first-order valence-corrected chi connectivity index (χ1v) is 26.9. The summed E-state index contributed by atoms with van der Waals surface area (Å²) in [7, 11) is 0. The van der Waals surface area contributed by atoms with E-state index < -0.39 is 0 Å². The van der Waals surface area contributed by atoms with Crippen LogP contribution in [0.15, 0.2) is 108 Å². The fourth-order valence-electron chi connectivity index (χ4n) is 13.0. The third-order valence-corrected chi connectivity index (χ3v) is 17.9. The molecule has 366 valence electrons. The van der Waals surface area contributed by atoms with Crippen molar-refractivity contribution in [3.05, 3.63) is 148 Å². The van der Waals surface area contributed by atoms with Crippen LogP contribution in [0.25, 0.3) is 22.1 Å². The molecule has 0 radical (unpaired) electrons. The third kappa shape index (κ3) is 7.49. The Labute approximate surface area is 427 Å². The summed E-state index contributed by atoms with van der Waals surface area (Å²) in [5, 5.41) is 1.16. The van der Waals surface area contributed by atoms with Crippen LogP contribution >= 0.6 is 0 Å². The summed E-state index contributed by atoms with van der Waals surface area (Å²) in [5.74, 6) is 0. The van der Waals surface area contributed by atoms with Crippen molar-refractivity contribution in [2.75, 3.05) is 9.80 Å². The van der Waals surface area contributed by atoms with Gasteiger partial charge in [-0.05, 0) is 186 Å². The minimum absolute atomic E-state index is 0.0216. The number of hydrogen-bond donors (Lipinski definition) is 0. The monoisotopic (exact) mass is 939 g/mol. The molecule has 0 fully saturated rings. The van der Waals surface area contributed by atoms with Gasteiger partial charge in [0.05, 0.1) is 17.0 Å². The molecule has 71 heavy (non-hydrogen) atoms. The molecule has 0 bridgehead atoms. The van der Waals surface area contributed by atoms with Gasteiger partial charge in [0.15, 0.2) is 0 Å². The third-order valence-electron chi connectivity index (χ3n) is 17.9. The molecule has 2 aliphatic carbocycles. The molecule has 11 rings (SSSR count). The van der Waals surface area contributed by atoms with E-state index in [4.69, 9.17) is 4.42 Å². The maximum Gasteiger partial charge on any atom is 0.297 e. The predicted octanol–water partition coefficient (Wildman–Crippen LogP) is 17.1. The number of benzene rings is 6. The molecule has 0 N–H and O–H groups in total. The van der Waals surface area contributed by atoms with Gasteiger partial charge < -0.3 is 14.2 Å². The van der Waals surface area contributed by atoms with Gasteiger partial charge in [-0.1, -0.05) is 166 Å². The van der Waals surface area contributed by atoms with Crippen molar-refractivity contribution in [2.24, 2.45) is 0 Å². The second-order valence-corrected chi connectivity index (χ2v) is 28.1. The average molecular weight is 939 g/mol. The normalized spacial score (nSPS) is 18.4. The molecular formula is C67H79BN2O. The highest BCUT2D eigenvalue weighted by Crippen LogP contribution is 2.54. The van der Waals surface area contributed by atoms with Gasteiger partial charge in [-0.3, -0.25) is 0 Å². The van der Waals surface area contributed by atoms with E-state index in [1.165, 1.54) is 108 Å². The van der Waals surface area contributed by atoms with Crippen molar-refractivity contribution >= 4 is 68.4 Å². The lowest BCUT2D eigenvalue weighted by molar-refractivity contribution is 0.332. The Morgan fingerprint density at radius 2 is 0.972 bits per heavy atom. The minimum atomic E-state index is -0.133. The van der Waals surface area contributed by atoms with E-state index >= 15 is 0 Å². The summed E-state index contributed by atoms with van der Waals surface area (Å²) in [6.45, 7) is 42.8. The van der Waals surface area contributed by atoms with Crippen LogP contribution in [-0.4, -0.2) is 6.71 Å². The van der Waals surface area contributed by atoms with Gasteiger partial charge in [0.2, 0.25) is 0 Å². The van der Waals surface area contributed by atoms with Gasteiger partial charge in [0, 0.05) is 33.7 Å². The van der Waals surface area contributed by atoms with E-state index in [-0.39, 0.29) is 44.6 Å². The zero-order valence-corrected chi connectivity index (χ0v) is 46.5. The minimum Gasteiger partial charge on any atom is -0.468 e. The van der Waals surface area contributed by atoms with Gasteiger partial charge in [-0.25, -0.2) is 0 Å². The Balaban J connectivity index is 1.28. The van der Waals surface area contributed by atoms with E-state index in [0.29, 0.717) is 0 Å². The molecule has 4 heteroatoms. The molecule has 1 aromatic heterocycles. The lowest BCUT2D eigenvalue weighted by Gasteiger charge is -2.47. The Morgan fingerprint density at radius 1 is 0.465 bits per heavy atom. The molecule has 4 aliphatic rings. The molecule has 0 amide bonds. The summed E-state index contributed by atoms with van der Waals surface area (Å²) < 4.78 is 7.57.